The maximum atomic E-state index is 11.5. The molecular weight excluding hydrogens is 222 g/mol. The lowest BCUT2D eigenvalue weighted by molar-refractivity contribution is -0.142. The van der Waals surface area contributed by atoms with Crippen LogP contribution >= 0.6 is 0 Å². The minimum Gasteiger partial charge on any atom is -0.467 e. The Hall–Kier alpha value is -2.04. The van der Waals surface area contributed by atoms with Crippen molar-refractivity contribution in [3.8, 4) is 0 Å². The highest BCUT2D eigenvalue weighted by Crippen LogP contribution is 2.04. The molecule has 1 aromatic carbocycles. The second kappa shape index (κ2) is 6.52. The van der Waals surface area contributed by atoms with Crippen LogP contribution in [-0.2, 0) is 20.7 Å². The van der Waals surface area contributed by atoms with E-state index in [9.17, 15) is 9.59 Å². The average molecular weight is 237 g/mol. The summed E-state index contributed by atoms with van der Waals surface area (Å²) in [7, 11) is 2.52. The van der Waals surface area contributed by atoms with Crippen LogP contribution < -0.4 is 5.32 Å². The molecule has 0 aliphatic heterocycles. The molecule has 5 nitrogen and oxygen atoms in total. The number of nitrogens with one attached hydrogen (secondary N) is 1. The van der Waals surface area contributed by atoms with Crippen molar-refractivity contribution in [2.24, 2.45) is 0 Å². The van der Waals surface area contributed by atoms with Crippen molar-refractivity contribution < 1.29 is 19.1 Å². The molecule has 0 aromatic heterocycles. The van der Waals surface area contributed by atoms with Gasteiger partial charge in [0.2, 0.25) is 0 Å². The summed E-state index contributed by atoms with van der Waals surface area (Å²) in [6, 6.07) is 8.60. The van der Waals surface area contributed by atoms with Gasteiger partial charge in [-0.25, -0.2) is 9.59 Å². The zero-order chi connectivity index (χ0) is 12.7. The van der Waals surface area contributed by atoms with Crippen molar-refractivity contribution >= 4 is 12.1 Å². The van der Waals surface area contributed by atoms with Crippen LogP contribution in [0.4, 0.5) is 4.79 Å². The van der Waals surface area contributed by atoms with Crippen molar-refractivity contribution in [2.45, 2.75) is 12.5 Å². The molecule has 0 saturated heterocycles. The highest BCUT2D eigenvalue weighted by Gasteiger charge is 2.21. The quantitative estimate of drug-likeness (QED) is 0.797. The first-order valence-corrected chi connectivity index (χ1v) is 5.13. The molecule has 0 radical (unpaired) electrons. The van der Waals surface area contributed by atoms with Crippen LogP contribution in [0.15, 0.2) is 30.3 Å². The van der Waals surface area contributed by atoms with E-state index in [0.717, 1.165) is 5.56 Å². The lowest BCUT2D eigenvalue weighted by atomic mass is 10.1. The van der Waals surface area contributed by atoms with E-state index in [1.165, 1.54) is 14.2 Å². The largest absolute Gasteiger partial charge is 0.467 e. The maximum Gasteiger partial charge on any atom is 0.407 e. The van der Waals surface area contributed by atoms with E-state index in [0.29, 0.717) is 6.42 Å². The maximum absolute atomic E-state index is 11.5. The van der Waals surface area contributed by atoms with Crippen molar-refractivity contribution in [1.29, 1.82) is 0 Å². The zero-order valence-electron chi connectivity index (χ0n) is 9.80. The average Bonchev–Trinajstić information content (AvgIpc) is 2.38. The van der Waals surface area contributed by atoms with E-state index in [1.54, 1.807) is 0 Å². The molecule has 0 unspecified atom stereocenters. The van der Waals surface area contributed by atoms with Gasteiger partial charge in [0, 0.05) is 6.42 Å². The fraction of sp³-hybridized carbons (Fsp3) is 0.333. The number of methoxy groups -OCH3 is 2. The van der Waals surface area contributed by atoms with E-state index >= 15 is 0 Å². The van der Waals surface area contributed by atoms with Gasteiger partial charge in [-0.1, -0.05) is 30.3 Å². The number of hydrogen-bond acceptors (Lipinski definition) is 4. The smallest absolute Gasteiger partial charge is 0.407 e. The van der Waals surface area contributed by atoms with Crippen molar-refractivity contribution in [3.05, 3.63) is 35.9 Å². The normalized spacial score (nSPS) is 11.4. The van der Waals surface area contributed by atoms with Crippen LogP contribution in [0.3, 0.4) is 0 Å². The number of esters is 1. The lowest BCUT2D eigenvalue weighted by Crippen LogP contribution is -2.42. The van der Waals surface area contributed by atoms with Gasteiger partial charge in [-0.05, 0) is 5.56 Å². The molecule has 1 N–H and O–H groups in total. The lowest BCUT2D eigenvalue weighted by Gasteiger charge is -2.15. The molecule has 17 heavy (non-hydrogen) atoms. The van der Waals surface area contributed by atoms with Crippen LogP contribution in [0.2, 0.25) is 0 Å². The molecule has 5 heteroatoms. The van der Waals surface area contributed by atoms with Gasteiger partial charge in [0.1, 0.15) is 6.04 Å². The van der Waals surface area contributed by atoms with Gasteiger partial charge in [0.15, 0.2) is 0 Å². The summed E-state index contributed by atoms with van der Waals surface area (Å²) in [5.41, 5.74) is 0.930. The topological polar surface area (TPSA) is 64.6 Å². The number of alkyl carbamates (subject to hydrolysis) is 1. The first kappa shape index (κ1) is 13.0. The molecule has 0 bridgehead atoms. The minimum absolute atomic E-state index is 0.364. The molecule has 1 atom stereocenters. The summed E-state index contributed by atoms with van der Waals surface area (Å²) < 4.78 is 9.08. The van der Waals surface area contributed by atoms with Gasteiger partial charge in [0.05, 0.1) is 14.2 Å². The van der Waals surface area contributed by atoms with Crippen LogP contribution in [0.1, 0.15) is 5.56 Å². The molecule has 0 aliphatic rings. The van der Waals surface area contributed by atoms with Crippen LogP contribution in [-0.4, -0.2) is 32.3 Å². The van der Waals surface area contributed by atoms with Gasteiger partial charge >= 0.3 is 12.1 Å². The predicted molar refractivity (Wildman–Crippen MR) is 61.5 cm³/mol. The third-order valence-corrected chi connectivity index (χ3v) is 2.25. The standard InChI is InChI=1S/C12H15NO4/c1-16-11(14)10(13-12(15)17-2)8-9-6-4-3-5-7-9/h3-7,10H,8H2,1-2H3,(H,13,15)/t10-/m0/s1. The monoisotopic (exact) mass is 237 g/mol. The number of hydrogen-bond donors (Lipinski definition) is 1. The molecule has 0 spiro atoms. The summed E-state index contributed by atoms with van der Waals surface area (Å²) in [6.45, 7) is 0. The Kier molecular flexibility index (Phi) is 5.00. The molecule has 0 heterocycles. The zero-order valence-corrected chi connectivity index (χ0v) is 9.80. The number of ether oxygens (including phenoxy) is 2. The second-order valence-electron chi connectivity index (χ2n) is 3.40. The van der Waals surface area contributed by atoms with E-state index < -0.39 is 18.1 Å². The molecule has 1 amide bonds. The van der Waals surface area contributed by atoms with Crippen LogP contribution in [0, 0.1) is 0 Å². The summed E-state index contributed by atoms with van der Waals surface area (Å²) in [5, 5.41) is 2.43. The van der Waals surface area contributed by atoms with Crippen LogP contribution in [0.25, 0.3) is 0 Å². The Balaban J connectivity index is 2.70. The Morgan fingerprint density at radius 1 is 1.18 bits per heavy atom. The summed E-state index contributed by atoms with van der Waals surface area (Å²) in [5.74, 6) is -0.501. The van der Waals surface area contributed by atoms with Gasteiger partial charge < -0.3 is 14.8 Å². The Morgan fingerprint density at radius 2 is 1.82 bits per heavy atom. The third kappa shape index (κ3) is 4.14. The van der Waals surface area contributed by atoms with Crippen molar-refractivity contribution in [1.82, 2.24) is 5.32 Å². The number of rotatable bonds is 4. The number of benzene rings is 1. The van der Waals surface area contributed by atoms with Gasteiger partial charge in [-0.2, -0.15) is 0 Å². The Bertz CT molecular complexity index is 377. The van der Waals surface area contributed by atoms with Gasteiger partial charge in [-0.15, -0.1) is 0 Å². The number of carbonyl (C=O) groups excluding carboxylic acids is 2. The molecule has 92 valence electrons. The van der Waals surface area contributed by atoms with Gasteiger partial charge in [0.25, 0.3) is 0 Å². The fourth-order valence-electron chi connectivity index (χ4n) is 1.39. The van der Waals surface area contributed by atoms with Crippen molar-refractivity contribution in [3.63, 3.8) is 0 Å². The molecule has 0 fully saturated rings. The predicted octanol–water partition coefficient (Wildman–Crippen LogP) is 1.13. The highest BCUT2D eigenvalue weighted by molar-refractivity contribution is 5.81. The number of amides is 1. The van der Waals surface area contributed by atoms with E-state index in [2.05, 4.69) is 14.8 Å². The molecule has 1 rings (SSSR count). The third-order valence-electron chi connectivity index (χ3n) is 2.25. The van der Waals surface area contributed by atoms with Crippen LogP contribution in [0.5, 0.6) is 0 Å². The first-order valence-electron chi connectivity index (χ1n) is 5.13. The molecular formula is C12H15NO4. The second-order valence-corrected chi connectivity index (χ2v) is 3.40. The van der Waals surface area contributed by atoms with E-state index in [4.69, 9.17) is 0 Å². The summed E-state index contributed by atoms with van der Waals surface area (Å²) in [4.78, 5) is 22.6. The van der Waals surface area contributed by atoms with E-state index in [-0.39, 0.29) is 0 Å². The molecule has 0 aliphatic carbocycles. The Labute approximate surface area is 99.7 Å². The SMILES string of the molecule is COC(=O)N[C@@H](Cc1ccccc1)C(=O)OC. The minimum atomic E-state index is -0.741. The van der Waals surface area contributed by atoms with E-state index in [1.807, 2.05) is 30.3 Å². The number of carbonyl (C=O) groups is 2. The molecule has 0 saturated carbocycles. The highest BCUT2D eigenvalue weighted by atomic mass is 16.5. The fourth-order valence-corrected chi connectivity index (χ4v) is 1.39. The summed E-state index contributed by atoms with van der Waals surface area (Å²) >= 11 is 0. The van der Waals surface area contributed by atoms with Gasteiger partial charge in [-0.3, -0.25) is 0 Å². The van der Waals surface area contributed by atoms with Crippen molar-refractivity contribution in [2.75, 3.05) is 14.2 Å². The first-order chi connectivity index (χ1) is 8.17. The summed E-state index contributed by atoms with van der Waals surface area (Å²) in [6.07, 6.45) is -0.292. The Morgan fingerprint density at radius 3 is 2.35 bits per heavy atom. The molecule has 1 aromatic rings.